The van der Waals surface area contributed by atoms with Crippen molar-refractivity contribution in [1.82, 2.24) is 0 Å². The van der Waals surface area contributed by atoms with Crippen molar-refractivity contribution in [3.63, 3.8) is 0 Å². The lowest BCUT2D eigenvalue weighted by molar-refractivity contribution is -0.222. The lowest BCUT2D eigenvalue weighted by Gasteiger charge is -2.29. The number of hydrogen-bond donors (Lipinski definition) is 0. The van der Waals surface area contributed by atoms with Crippen molar-refractivity contribution in [1.29, 1.82) is 0 Å². The molecule has 0 unspecified atom stereocenters. The van der Waals surface area contributed by atoms with E-state index in [1.165, 1.54) is 19.9 Å². The lowest BCUT2D eigenvalue weighted by Crippen LogP contribution is -2.41. The Kier molecular flexibility index (Phi) is 3.97. The average molecular weight is 322 g/mol. The minimum atomic E-state index is -1.23. The van der Waals surface area contributed by atoms with Gasteiger partial charge in [-0.05, 0) is 41.3 Å². The summed E-state index contributed by atoms with van der Waals surface area (Å²) in [6.07, 6.45) is 1.50. The van der Waals surface area contributed by atoms with Crippen molar-refractivity contribution < 1.29 is 19.1 Å². The van der Waals surface area contributed by atoms with Crippen LogP contribution in [0, 0.1) is 6.92 Å². The van der Waals surface area contributed by atoms with E-state index in [1.54, 1.807) is 0 Å². The van der Waals surface area contributed by atoms with Crippen LogP contribution in [0.25, 0.3) is 17.2 Å². The lowest BCUT2D eigenvalue weighted by atomic mass is 9.98. The standard InChI is InChI=1S/C20H18O4/c1-13-7-4-5-10-16(13)15-9-6-8-14(11-15)12-17-18(21)23-20(2,3)24-19(17)22/h4-12H,1-3H3. The molecule has 4 heteroatoms. The van der Waals surface area contributed by atoms with Crippen molar-refractivity contribution in [2.24, 2.45) is 0 Å². The van der Waals surface area contributed by atoms with Gasteiger partial charge in [0.15, 0.2) is 0 Å². The number of carbonyl (C=O) groups excluding carboxylic acids is 2. The quantitative estimate of drug-likeness (QED) is 0.478. The van der Waals surface area contributed by atoms with E-state index in [4.69, 9.17) is 9.47 Å². The Labute approximate surface area is 140 Å². The van der Waals surface area contributed by atoms with Crippen LogP contribution in [-0.4, -0.2) is 17.7 Å². The Morgan fingerprint density at radius 3 is 2.25 bits per heavy atom. The van der Waals surface area contributed by atoms with Gasteiger partial charge in [-0.25, -0.2) is 9.59 Å². The van der Waals surface area contributed by atoms with Gasteiger partial charge in [0.25, 0.3) is 5.79 Å². The van der Waals surface area contributed by atoms with Crippen molar-refractivity contribution >= 4 is 18.0 Å². The van der Waals surface area contributed by atoms with Gasteiger partial charge in [0.2, 0.25) is 0 Å². The highest BCUT2D eigenvalue weighted by atomic mass is 16.7. The van der Waals surface area contributed by atoms with Gasteiger partial charge in [-0.2, -0.15) is 0 Å². The van der Waals surface area contributed by atoms with Gasteiger partial charge in [0, 0.05) is 13.8 Å². The Morgan fingerprint density at radius 1 is 0.917 bits per heavy atom. The van der Waals surface area contributed by atoms with E-state index in [0.717, 1.165) is 22.3 Å². The second kappa shape index (κ2) is 5.96. The molecule has 0 amide bonds. The van der Waals surface area contributed by atoms with Crippen LogP contribution in [0.1, 0.15) is 25.0 Å². The van der Waals surface area contributed by atoms with Gasteiger partial charge in [0.1, 0.15) is 5.57 Å². The zero-order valence-electron chi connectivity index (χ0n) is 13.8. The van der Waals surface area contributed by atoms with Crippen LogP contribution >= 0.6 is 0 Å². The van der Waals surface area contributed by atoms with Crippen LogP contribution in [0.5, 0.6) is 0 Å². The molecule has 0 radical (unpaired) electrons. The zero-order valence-corrected chi connectivity index (χ0v) is 13.8. The summed E-state index contributed by atoms with van der Waals surface area (Å²) in [6, 6.07) is 15.7. The Bertz CT molecular complexity index is 824. The van der Waals surface area contributed by atoms with Gasteiger partial charge in [-0.3, -0.25) is 0 Å². The normalized spacial score (nSPS) is 16.4. The molecule has 0 N–H and O–H groups in total. The smallest absolute Gasteiger partial charge is 0.348 e. The SMILES string of the molecule is Cc1ccccc1-c1cccc(C=C2C(=O)OC(C)(C)OC2=O)c1. The summed E-state index contributed by atoms with van der Waals surface area (Å²) < 4.78 is 10.2. The fourth-order valence-electron chi connectivity index (χ4n) is 2.64. The molecule has 1 fully saturated rings. The molecule has 0 spiro atoms. The van der Waals surface area contributed by atoms with E-state index >= 15 is 0 Å². The van der Waals surface area contributed by atoms with E-state index in [0.29, 0.717) is 0 Å². The summed E-state index contributed by atoms with van der Waals surface area (Å²) in [4.78, 5) is 24.1. The number of ether oxygens (including phenoxy) is 2. The van der Waals surface area contributed by atoms with Crippen LogP contribution < -0.4 is 0 Å². The highest BCUT2D eigenvalue weighted by Crippen LogP contribution is 2.27. The minimum absolute atomic E-state index is 0.101. The molecule has 2 aromatic rings. The molecule has 1 aliphatic rings. The van der Waals surface area contributed by atoms with E-state index < -0.39 is 17.7 Å². The fourth-order valence-corrected chi connectivity index (χ4v) is 2.64. The minimum Gasteiger partial charge on any atom is -0.419 e. The monoisotopic (exact) mass is 322 g/mol. The molecular formula is C20H18O4. The number of aryl methyl sites for hydroxylation is 1. The molecule has 0 aromatic heterocycles. The zero-order chi connectivity index (χ0) is 17.3. The molecule has 3 rings (SSSR count). The Morgan fingerprint density at radius 2 is 1.58 bits per heavy atom. The van der Waals surface area contributed by atoms with Crippen LogP contribution in [0.4, 0.5) is 0 Å². The van der Waals surface area contributed by atoms with Gasteiger partial charge in [-0.15, -0.1) is 0 Å². The van der Waals surface area contributed by atoms with Crippen molar-refractivity contribution in [3.05, 3.63) is 65.2 Å². The highest BCUT2D eigenvalue weighted by Gasteiger charge is 2.38. The molecule has 0 saturated carbocycles. The maximum absolute atomic E-state index is 12.0. The molecule has 0 atom stereocenters. The summed E-state index contributed by atoms with van der Waals surface area (Å²) >= 11 is 0. The number of rotatable bonds is 2. The molecule has 4 nitrogen and oxygen atoms in total. The number of benzene rings is 2. The summed E-state index contributed by atoms with van der Waals surface area (Å²) in [5.41, 5.74) is 3.91. The third-order valence-corrected chi connectivity index (χ3v) is 3.77. The molecular weight excluding hydrogens is 304 g/mol. The molecule has 1 aliphatic heterocycles. The summed E-state index contributed by atoms with van der Waals surface area (Å²) in [6.45, 7) is 5.09. The molecule has 2 aromatic carbocycles. The van der Waals surface area contributed by atoms with Crippen LogP contribution in [0.2, 0.25) is 0 Å². The van der Waals surface area contributed by atoms with Crippen molar-refractivity contribution in [3.8, 4) is 11.1 Å². The van der Waals surface area contributed by atoms with Gasteiger partial charge < -0.3 is 9.47 Å². The van der Waals surface area contributed by atoms with Gasteiger partial charge in [0.05, 0.1) is 0 Å². The third-order valence-electron chi connectivity index (χ3n) is 3.77. The Balaban J connectivity index is 1.97. The summed E-state index contributed by atoms with van der Waals surface area (Å²) in [5.74, 6) is -2.57. The molecule has 1 saturated heterocycles. The number of cyclic esters (lactones) is 2. The largest absolute Gasteiger partial charge is 0.419 e. The van der Waals surface area contributed by atoms with E-state index in [9.17, 15) is 9.59 Å². The van der Waals surface area contributed by atoms with E-state index in [1.807, 2.05) is 55.5 Å². The van der Waals surface area contributed by atoms with E-state index in [2.05, 4.69) is 0 Å². The van der Waals surface area contributed by atoms with Crippen LogP contribution in [0.15, 0.2) is 54.1 Å². The summed E-state index contributed by atoms with van der Waals surface area (Å²) in [7, 11) is 0. The topological polar surface area (TPSA) is 52.6 Å². The first-order chi connectivity index (χ1) is 11.4. The van der Waals surface area contributed by atoms with Crippen LogP contribution in [0.3, 0.4) is 0 Å². The maximum Gasteiger partial charge on any atom is 0.348 e. The number of carbonyl (C=O) groups is 2. The van der Waals surface area contributed by atoms with Gasteiger partial charge >= 0.3 is 11.9 Å². The second-order valence-corrected chi connectivity index (χ2v) is 6.18. The fraction of sp³-hybridized carbons (Fsp3) is 0.200. The molecule has 1 heterocycles. The first-order valence-electron chi connectivity index (χ1n) is 7.70. The van der Waals surface area contributed by atoms with E-state index in [-0.39, 0.29) is 5.57 Å². The average Bonchev–Trinajstić information content (AvgIpc) is 2.51. The second-order valence-electron chi connectivity index (χ2n) is 6.18. The molecule has 122 valence electrons. The van der Waals surface area contributed by atoms with Gasteiger partial charge in [-0.1, -0.05) is 42.5 Å². The first kappa shape index (κ1) is 16.0. The maximum atomic E-state index is 12.0. The van der Waals surface area contributed by atoms with Crippen molar-refractivity contribution in [2.75, 3.05) is 0 Å². The summed E-state index contributed by atoms with van der Waals surface area (Å²) in [5, 5.41) is 0. The molecule has 0 aliphatic carbocycles. The van der Waals surface area contributed by atoms with Crippen molar-refractivity contribution in [2.45, 2.75) is 26.6 Å². The highest BCUT2D eigenvalue weighted by molar-refractivity contribution is 6.18. The predicted octanol–water partition coefficient (Wildman–Crippen LogP) is 3.88. The number of hydrogen-bond acceptors (Lipinski definition) is 4. The molecule has 0 bridgehead atoms. The first-order valence-corrected chi connectivity index (χ1v) is 7.70. The predicted molar refractivity (Wildman–Crippen MR) is 90.9 cm³/mol. The third kappa shape index (κ3) is 3.23. The molecule has 24 heavy (non-hydrogen) atoms. The number of esters is 2. The van der Waals surface area contributed by atoms with Crippen LogP contribution in [-0.2, 0) is 19.1 Å². The Hall–Kier alpha value is -2.88.